The quantitative estimate of drug-likeness (QED) is 0.382. The van der Waals surface area contributed by atoms with Crippen LogP contribution in [0.4, 0.5) is 22.0 Å². The molecule has 1 aliphatic rings. The number of hydrogen-bond donors (Lipinski definition) is 1. The number of H-pyrrole nitrogens is 1. The van der Waals surface area contributed by atoms with Crippen molar-refractivity contribution in [1.29, 1.82) is 0 Å². The lowest BCUT2D eigenvalue weighted by molar-refractivity contribution is -0.275. The Kier molecular flexibility index (Phi) is 6.20. The molecule has 4 rings (SSSR count). The van der Waals surface area contributed by atoms with Crippen molar-refractivity contribution in [3.63, 3.8) is 0 Å². The fourth-order valence-corrected chi connectivity index (χ4v) is 4.43. The average molecular weight is 499 g/mol. The maximum absolute atomic E-state index is 14.5. The predicted molar refractivity (Wildman–Crippen MR) is 113 cm³/mol. The molecule has 0 unspecified atom stereocenters. The normalized spacial score (nSPS) is 24.7. The first-order valence-electron chi connectivity index (χ1n) is 10.7. The molecule has 35 heavy (non-hydrogen) atoms. The zero-order chi connectivity index (χ0) is 25.7. The van der Waals surface area contributed by atoms with Gasteiger partial charge in [0.2, 0.25) is 5.82 Å². The molecular weight excluding hydrogens is 477 g/mol. The van der Waals surface area contributed by atoms with E-state index in [-0.39, 0.29) is 29.2 Å². The number of halogens is 5. The Balaban J connectivity index is 1.86. The zero-order valence-corrected chi connectivity index (χ0v) is 19.2. The van der Waals surface area contributed by atoms with E-state index in [2.05, 4.69) is 15.0 Å². The number of nitrogens with one attached hydrogen (secondary N) is 1. The topological polar surface area (TPSA) is 86.3 Å². The Morgan fingerprint density at radius 3 is 2.63 bits per heavy atom. The molecule has 188 valence electrons. The fourth-order valence-electron chi connectivity index (χ4n) is 4.43. The molecular formula is C23H22F5N3O4. The first kappa shape index (κ1) is 24.8. The number of ether oxygens (including phenoxy) is 3. The molecule has 3 heterocycles. The van der Waals surface area contributed by atoms with Crippen LogP contribution in [-0.2, 0) is 9.47 Å². The van der Waals surface area contributed by atoms with E-state index in [0.29, 0.717) is 5.52 Å². The third-order valence-corrected chi connectivity index (χ3v) is 6.45. The number of benzene rings is 1. The zero-order valence-electron chi connectivity index (χ0n) is 19.2. The number of hydrogen-bond acceptors (Lipinski definition) is 6. The van der Waals surface area contributed by atoms with Gasteiger partial charge >= 0.3 is 12.1 Å². The molecule has 12 heteroatoms. The van der Waals surface area contributed by atoms with Gasteiger partial charge < -0.3 is 19.2 Å². The number of imidazole rings is 1. The third kappa shape index (κ3) is 3.99. The number of alkyl halides is 3. The fraction of sp³-hybridized carbons (Fsp3) is 0.435. The molecule has 1 fully saturated rings. The molecule has 0 radical (unpaired) electrons. The second-order valence-electron chi connectivity index (χ2n) is 8.37. The highest BCUT2D eigenvalue weighted by Crippen LogP contribution is 2.59. The number of fused-ring (bicyclic) bond motifs is 1. The third-order valence-electron chi connectivity index (χ3n) is 6.45. The second kappa shape index (κ2) is 8.74. The number of aromatic amines is 1. The van der Waals surface area contributed by atoms with E-state index >= 15 is 0 Å². The number of aromatic nitrogens is 3. The van der Waals surface area contributed by atoms with E-state index < -0.39 is 53.1 Å². The van der Waals surface area contributed by atoms with Gasteiger partial charge in [0.25, 0.3) is 0 Å². The molecule has 7 nitrogen and oxygen atoms in total. The maximum Gasteiger partial charge on any atom is 0.417 e. The minimum atomic E-state index is -4.78. The van der Waals surface area contributed by atoms with Crippen LogP contribution in [0.15, 0.2) is 24.4 Å². The molecule has 0 bridgehead atoms. The monoisotopic (exact) mass is 499 g/mol. The van der Waals surface area contributed by atoms with Gasteiger partial charge in [-0.25, -0.2) is 19.2 Å². The van der Waals surface area contributed by atoms with E-state index in [1.807, 2.05) is 0 Å². The summed E-state index contributed by atoms with van der Waals surface area (Å²) < 4.78 is 86.3. The van der Waals surface area contributed by atoms with Crippen molar-refractivity contribution in [1.82, 2.24) is 15.0 Å². The second-order valence-corrected chi connectivity index (χ2v) is 8.37. The molecule has 0 amide bonds. The molecule has 0 saturated carbocycles. The molecule has 2 aromatic heterocycles. The van der Waals surface area contributed by atoms with Crippen molar-refractivity contribution in [2.24, 2.45) is 5.92 Å². The van der Waals surface area contributed by atoms with Crippen molar-refractivity contribution >= 4 is 17.0 Å². The number of nitrogens with zero attached hydrogens (tertiary/aromatic N) is 2. The summed E-state index contributed by atoms with van der Waals surface area (Å²) in [6, 6.07) is 3.34. The average Bonchev–Trinajstić information content (AvgIpc) is 3.34. The van der Waals surface area contributed by atoms with Crippen LogP contribution in [0.25, 0.3) is 11.0 Å². The highest BCUT2D eigenvalue weighted by atomic mass is 19.4. The summed E-state index contributed by atoms with van der Waals surface area (Å²) in [5.74, 6) is -6.07. The number of esters is 1. The van der Waals surface area contributed by atoms with Crippen LogP contribution >= 0.6 is 0 Å². The summed E-state index contributed by atoms with van der Waals surface area (Å²) >= 11 is 0. The summed E-state index contributed by atoms with van der Waals surface area (Å²) in [5.41, 5.74) is -2.09. The van der Waals surface area contributed by atoms with Gasteiger partial charge in [0, 0.05) is 17.4 Å². The van der Waals surface area contributed by atoms with Gasteiger partial charge in [-0.3, -0.25) is 0 Å². The van der Waals surface area contributed by atoms with Gasteiger partial charge in [-0.2, -0.15) is 17.6 Å². The first-order valence-corrected chi connectivity index (χ1v) is 10.7. The van der Waals surface area contributed by atoms with Crippen LogP contribution < -0.4 is 4.74 Å². The molecule has 0 spiro atoms. The predicted octanol–water partition coefficient (Wildman–Crippen LogP) is 5.23. The lowest BCUT2D eigenvalue weighted by Crippen LogP contribution is -2.46. The summed E-state index contributed by atoms with van der Waals surface area (Å²) in [6.45, 7) is 3.99. The van der Waals surface area contributed by atoms with Gasteiger partial charge in [0.05, 0.1) is 30.9 Å². The lowest BCUT2D eigenvalue weighted by atomic mass is 9.77. The van der Waals surface area contributed by atoms with Crippen LogP contribution in [0.3, 0.4) is 0 Å². The Morgan fingerprint density at radius 2 is 2.00 bits per heavy atom. The molecule has 3 aromatic rings. The lowest BCUT2D eigenvalue weighted by Gasteiger charge is -2.32. The van der Waals surface area contributed by atoms with E-state index in [9.17, 15) is 26.7 Å². The number of methoxy groups -OCH3 is 1. The van der Waals surface area contributed by atoms with Gasteiger partial charge in [-0.1, -0.05) is 13.0 Å². The highest BCUT2D eigenvalue weighted by Gasteiger charge is 2.65. The maximum atomic E-state index is 14.5. The first-order chi connectivity index (χ1) is 16.4. The molecule has 1 saturated heterocycles. The van der Waals surface area contributed by atoms with Crippen molar-refractivity contribution < 1.29 is 41.0 Å². The molecule has 1 aromatic carbocycles. The molecule has 1 aliphatic heterocycles. The van der Waals surface area contributed by atoms with Crippen molar-refractivity contribution in [3.05, 3.63) is 53.1 Å². The van der Waals surface area contributed by atoms with Crippen molar-refractivity contribution in [3.8, 4) is 5.75 Å². The van der Waals surface area contributed by atoms with Crippen molar-refractivity contribution in [2.75, 3.05) is 13.7 Å². The number of pyridine rings is 1. The van der Waals surface area contributed by atoms with E-state index in [4.69, 9.17) is 14.2 Å². The van der Waals surface area contributed by atoms with Gasteiger partial charge in [-0.05, 0) is 26.0 Å². The SMILES string of the molecule is CCOC(=O)c1cc2nc([C@@H]3O[C@@](C)(C(F)(F)F)[C@@H](C)[C@H]3c3ccc(F)c(F)c3OC)[nH]c2cn1. The van der Waals surface area contributed by atoms with Crippen LogP contribution in [0, 0.1) is 17.6 Å². The van der Waals surface area contributed by atoms with E-state index in [1.54, 1.807) is 6.92 Å². The highest BCUT2D eigenvalue weighted by molar-refractivity contribution is 5.91. The Bertz CT molecular complexity index is 1280. The number of rotatable bonds is 5. The Hall–Kier alpha value is -3.28. The van der Waals surface area contributed by atoms with Crippen LogP contribution in [-0.4, -0.2) is 46.4 Å². The molecule has 4 atom stereocenters. The minimum Gasteiger partial charge on any atom is -0.493 e. The summed E-state index contributed by atoms with van der Waals surface area (Å²) in [6.07, 6.45) is -4.82. The number of carbonyl (C=O) groups is 1. The smallest absolute Gasteiger partial charge is 0.417 e. The van der Waals surface area contributed by atoms with Gasteiger partial charge in [0.1, 0.15) is 11.9 Å². The van der Waals surface area contributed by atoms with Gasteiger partial charge in [0.15, 0.2) is 22.9 Å². The summed E-state index contributed by atoms with van der Waals surface area (Å²) in [7, 11) is 1.10. The summed E-state index contributed by atoms with van der Waals surface area (Å²) in [5, 5.41) is 0. The van der Waals surface area contributed by atoms with Crippen molar-refractivity contribution in [2.45, 2.75) is 44.6 Å². The minimum absolute atomic E-state index is 0.000537. The number of carbonyl (C=O) groups excluding carboxylic acids is 1. The van der Waals surface area contributed by atoms with E-state index in [1.165, 1.54) is 25.3 Å². The Labute approximate surface area is 196 Å². The standard InChI is InChI=1S/C23H22F5N3O4/c1-5-34-21(32)14-8-13-15(9-29-14)31-20(30-13)19-16(10(2)22(3,35-19)23(26,27)28)11-6-7-12(24)17(25)18(11)33-4/h6-10,16,19H,5H2,1-4H3,(H,30,31)/t10-,16-,19+,22+/m0/s1. The van der Waals surface area contributed by atoms with Crippen LogP contribution in [0.1, 0.15) is 54.7 Å². The summed E-state index contributed by atoms with van der Waals surface area (Å²) in [4.78, 5) is 23.2. The van der Waals surface area contributed by atoms with Crippen LogP contribution in [0.5, 0.6) is 5.75 Å². The Morgan fingerprint density at radius 1 is 1.29 bits per heavy atom. The van der Waals surface area contributed by atoms with Gasteiger partial charge in [-0.15, -0.1) is 0 Å². The molecule has 0 aliphatic carbocycles. The van der Waals surface area contributed by atoms with E-state index in [0.717, 1.165) is 20.1 Å². The van der Waals surface area contributed by atoms with Crippen LogP contribution in [0.2, 0.25) is 0 Å². The molecule has 1 N–H and O–H groups in total. The largest absolute Gasteiger partial charge is 0.493 e.